The van der Waals surface area contributed by atoms with E-state index in [0.29, 0.717) is 17.6 Å². The largest absolute Gasteiger partial charge is 0.468 e. The van der Waals surface area contributed by atoms with E-state index in [1.807, 2.05) is 30.3 Å². The third kappa shape index (κ3) is 2.73. The molecular formula is C15H15N5O2. The van der Waals surface area contributed by atoms with Crippen molar-refractivity contribution in [3.05, 3.63) is 47.9 Å². The molecule has 3 aromatic rings. The first kappa shape index (κ1) is 14.0. The fraction of sp³-hybridized carbons (Fsp3) is 0.200. The first-order chi connectivity index (χ1) is 10.7. The molecule has 0 unspecified atom stereocenters. The summed E-state index contributed by atoms with van der Waals surface area (Å²) < 4.78 is 6.27. The van der Waals surface area contributed by atoms with Gasteiger partial charge in [-0.15, -0.1) is 0 Å². The number of fused-ring (bicyclic) bond motifs is 1. The van der Waals surface area contributed by atoms with Gasteiger partial charge in [-0.3, -0.25) is 4.79 Å². The Morgan fingerprint density at radius 3 is 2.77 bits per heavy atom. The maximum absolute atomic E-state index is 11.4. The number of benzene rings is 1. The van der Waals surface area contributed by atoms with Crippen LogP contribution in [0.15, 0.2) is 36.7 Å². The molecule has 0 aliphatic heterocycles. The van der Waals surface area contributed by atoms with Crippen molar-refractivity contribution in [2.24, 2.45) is 0 Å². The number of rotatable bonds is 4. The lowest BCUT2D eigenvalue weighted by Gasteiger charge is -2.05. The number of aromatic nitrogens is 4. The number of nitrogens with two attached hydrogens (primary N) is 1. The second-order valence-corrected chi connectivity index (χ2v) is 4.81. The van der Waals surface area contributed by atoms with Crippen molar-refractivity contribution in [2.75, 3.05) is 12.8 Å². The molecule has 2 aromatic heterocycles. The van der Waals surface area contributed by atoms with E-state index >= 15 is 0 Å². The van der Waals surface area contributed by atoms with E-state index < -0.39 is 0 Å². The van der Waals surface area contributed by atoms with Crippen LogP contribution in [0.4, 0.5) is 5.95 Å². The number of carbonyl (C=O) groups excluding carboxylic acids is 1. The van der Waals surface area contributed by atoms with Crippen molar-refractivity contribution in [2.45, 2.75) is 13.0 Å². The molecule has 1 aromatic carbocycles. The van der Waals surface area contributed by atoms with Gasteiger partial charge in [0.05, 0.1) is 19.1 Å². The average Bonchev–Trinajstić information content (AvgIpc) is 2.91. The second-order valence-electron chi connectivity index (χ2n) is 4.81. The maximum atomic E-state index is 11.4. The molecule has 0 aliphatic rings. The highest BCUT2D eigenvalue weighted by Crippen LogP contribution is 2.18. The summed E-state index contributed by atoms with van der Waals surface area (Å²) in [5.41, 5.74) is 8.80. The van der Waals surface area contributed by atoms with E-state index in [1.165, 1.54) is 7.11 Å². The Hall–Kier alpha value is -2.96. The number of nitrogen functional groups attached to an aromatic ring is 1. The van der Waals surface area contributed by atoms with Crippen molar-refractivity contribution in [3.63, 3.8) is 0 Å². The summed E-state index contributed by atoms with van der Waals surface area (Å²) in [6.45, 7) is 0.0359. The van der Waals surface area contributed by atoms with Gasteiger partial charge in [-0.2, -0.15) is 4.98 Å². The lowest BCUT2D eigenvalue weighted by molar-refractivity contribution is -0.141. The Labute approximate surface area is 126 Å². The zero-order valence-corrected chi connectivity index (χ0v) is 12.1. The van der Waals surface area contributed by atoms with Crippen molar-refractivity contribution >= 4 is 23.1 Å². The van der Waals surface area contributed by atoms with Gasteiger partial charge in [0, 0.05) is 6.42 Å². The van der Waals surface area contributed by atoms with Crippen molar-refractivity contribution in [1.82, 2.24) is 19.5 Å². The Morgan fingerprint density at radius 1 is 1.27 bits per heavy atom. The van der Waals surface area contributed by atoms with Crippen molar-refractivity contribution in [1.29, 1.82) is 0 Å². The lowest BCUT2D eigenvalue weighted by atomic mass is 10.1. The van der Waals surface area contributed by atoms with Crippen LogP contribution in [0.2, 0.25) is 0 Å². The Balaban J connectivity index is 2.02. The lowest BCUT2D eigenvalue weighted by Crippen LogP contribution is -2.12. The molecular weight excluding hydrogens is 282 g/mol. The van der Waals surface area contributed by atoms with Gasteiger partial charge < -0.3 is 15.0 Å². The molecule has 0 aliphatic carbocycles. The Bertz CT molecular complexity index is 813. The molecule has 2 N–H and O–H groups in total. The van der Waals surface area contributed by atoms with Gasteiger partial charge in [0.25, 0.3) is 0 Å². The van der Waals surface area contributed by atoms with E-state index in [1.54, 1.807) is 10.9 Å². The molecule has 0 saturated heterocycles. The second kappa shape index (κ2) is 5.80. The smallest absolute Gasteiger partial charge is 0.325 e. The number of carbonyl (C=O) groups is 1. The number of nitrogens with zero attached hydrogens (tertiary/aromatic N) is 4. The first-order valence-electron chi connectivity index (χ1n) is 6.75. The number of esters is 1. The predicted octanol–water partition coefficient (Wildman–Crippen LogP) is 1.17. The molecule has 112 valence electrons. The zero-order valence-electron chi connectivity index (χ0n) is 12.1. The van der Waals surface area contributed by atoms with Crippen molar-refractivity contribution < 1.29 is 9.53 Å². The van der Waals surface area contributed by atoms with Crippen LogP contribution in [0, 0.1) is 0 Å². The molecule has 7 nitrogen and oxygen atoms in total. The zero-order chi connectivity index (χ0) is 15.5. The third-order valence-corrected chi connectivity index (χ3v) is 3.29. The average molecular weight is 297 g/mol. The number of hydrogen-bond acceptors (Lipinski definition) is 6. The normalized spacial score (nSPS) is 10.8. The minimum absolute atomic E-state index is 0.0359. The molecule has 0 saturated carbocycles. The summed E-state index contributed by atoms with van der Waals surface area (Å²) in [6.07, 6.45) is 2.14. The fourth-order valence-corrected chi connectivity index (χ4v) is 2.25. The molecule has 7 heteroatoms. The summed E-state index contributed by atoms with van der Waals surface area (Å²) in [7, 11) is 1.34. The Kier molecular flexibility index (Phi) is 3.69. The van der Waals surface area contributed by atoms with Crippen LogP contribution in [-0.2, 0) is 22.5 Å². The van der Waals surface area contributed by atoms with Crippen LogP contribution in [-0.4, -0.2) is 32.6 Å². The van der Waals surface area contributed by atoms with Crippen molar-refractivity contribution in [3.8, 4) is 0 Å². The van der Waals surface area contributed by atoms with Crippen LogP contribution in [0.5, 0.6) is 0 Å². The summed E-state index contributed by atoms with van der Waals surface area (Å²) >= 11 is 0. The number of ether oxygens (including phenoxy) is 1. The van der Waals surface area contributed by atoms with Crippen LogP contribution in [0.1, 0.15) is 11.3 Å². The molecule has 2 heterocycles. The van der Waals surface area contributed by atoms with Gasteiger partial charge >= 0.3 is 5.97 Å². The summed E-state index contributed by atoms with van der Waals surface area (Å²) in [5.74, 6) is -0.217. The standard InChI is InChI=1S/C15H15N5O2/c1-22-12(21)8-20-9-17-13-11(18-15(16)19-14(13)20)7-10-5-3-2-4-6-10/h2-6,9H,7-8H2,1H3,(H2,16,18,19). The predicted molar refractivity (Wildman–Crippen MR) is 81.0 cm³/mol. The van der Waals surface area contributed by atoms with Crippen LogP contribution in [0.25, 0.3) is 11.2 Å². The molecule has 0 amide bonds. The molecule has 0 radical (unpaired) electrons. The first-order valence-corrected chi connectivity index (χ1v) is 6.75. The monoisotopic (exact) mass is 297 g/mol. The molecule has 0 fully saturated rings. The maximum Gasteiger partial charge on any atom is 0.325 e. The summed E-state index contributed by atoms with van der Waals surface area (Å²) in [5, 5.41) is 0. The van der Waals surface area contributed by atoms with Crippen LogP contribution < -0.4 is 5.73 Å². The van der Waals surface area contributed by atoms with Gasteiger partial charge in [0.1, 0.15) is 12.1 Å². The molecule has 0 spiro atoms. The summed E-state index contributed by atoms with van der Waals surface area (Å²) in [4.78, 5) is 24.2. The highest BCUT2D eigenvalue weighted by molar-refractivity contribution is 5.77. The van der Waals surface area contributed by atoms with E-state index in [-0.39, 0.29) is 18.5 Å². The van der Waals surface area contributed by atoms with E-state index in [4.69, 9.17) is 5.73 Å². The highest BCUT2D eigenvalue weighted by atomic mass is 16.5. The number of methoxy groups -OCH3 is 1. The SMILES string of the molecule is COC(=O)Cn1cnc2c(Cc3ccccc3)nc(N)nc21. The van der Waals surface area contributed by atoms with Gasteiger partial charge in [-0.1, -0.05) is 30.3 Å². The summed E-state index contributed by atoms with van der Waals surface area (Å²) in [6, 6.07) is 9.91. The van der Waals surface area contributed by atoms with Crippen LogP contribution in [0.3, 0.4) is 0 Å². The minimum atomic E-state index is -0.374. The highest BCUT2D eigenvalue weighted by Gasteiger charge is 2.14. The minimum Gasteiger partial charge on any atom is -0.468 e. The molecule has 0 atom stereocenters. The van der Waals surface area contributed by atoms with Gasteiger partial charge in [0.2, 0.25) is 5.95 Å². The molecule has 3 rings (SSSR count). The number of hydrogen-bond donors (Lipinski definition) is 1. The number of imidazole rings is 1. The third-order valence-electron chi connectivity index (χ3n) is 3.29. The van der Waals surface area contributed by atoms with Crippen LogP contribution >= 0.6 is 0 Å². The van der Waals surface area contributed by atoms with Gasteiger partial charge in [-0.25, -0.2) is 9.97 Å². The quantitative estimate of drug-likeness (QED) is 0.726. The van der Waals surface area contributed by atoms with Gasteiger partial charge in [-0.05, 0) is 5.56 Å². The van der Waals surface area contributed by atoms with E-state index in [2.05, 4.69) is 19.7 Å². The van der Waals surface area contributed by atoms with Gasteiger partial charge in [0.15, 0.2) is 5.65 Å². The van der Waals surface area contributed by atoms with E-state index in [0.717, 1.165) is 11.3 Å². The number of anilines is 1. The Morgan fingerprint density at radius 2 is 2.05 bits per heavy atom. The molecule has 22 heavy (non-hydrogen) atoms. The fourth-order valence-electron chi connectivity index (χ4n) is 2.25. The van der Waals surface area contributed by atoms with E-state index in [9.17, 15) is 4.79 Å². The molecule has 0 bridgehead atoms. The topological polar surface area (TPSA) is 95.9 Å².